The zero-order chi connectivity index (χ0) is 44.6. The Bertz CT molecular complexity index is 1640. The molecule has 0 aliphatic carbocycles. The predicted octanol–water partition coefficient (Wildman–Crippen LogP) is 6.23. The Balaban J connectivity index is 1.48. The van der Waals surface area contributed by atoms with Crippen molar-refractivity contribution in [1.29, 1.82) is 0 Å². The van der Waals surface area contributed by atoms with Gasteiger partial charge >= 0.3 is 11.9 Å². The lowest BCUT2D eigenvalue weighted by molar-refractivity contribution is -0.155. The van der Waals surface area contributed by atoms with E-state index in [1.807, 2.05) is 32.9 Å². The summed E-state index contributed by atoms with van der Waals surface area (Å²) in [6.07, 6.45) is 18.1. The number of sulfonamides is 1. The molecule has 0 fully saturated rings. The number of amides is 2. The van der Waals surface area contributed by atoms with Gasteiger partial charge in [0.15, 0.2) is 0 Å². The average Bonchev–Trinajstić information content (AvgIpc) is 3.20. The Morgan fingerprint density at radius 2 is 1.16 bits per heavy atom. The number of anilines is 1. The van der Waals surface area contributed by atoms with Crippen LogP contribution in [0.3, 0.4) is 0 Å². The highest BCUT2D eigenvalue weighted by Crippen LogP contribution is 2.18. The summed E-state index contributed by atoms with van der Waals surface area (Å²) in [7, 11) is -3.86. The number of carboxylic acid groups (broad SMARTS) is 1. The summed E-state index contributed by atoms with van der Waals surface area (Å²) >= 11 is 0. The van der Waals surface area contributed by atoms with Gasteiger partial charge < -0.3 is 39.4 Å². The number of benzene rings is 1. The van der Waals surface area contributed by atoms with Crippen LogP contribution in [-0.2, 0) is 54.5 Å². The summed E-state index contributed by atoms with van der Waals surface area (Å²) < 4.78 is 54.5. The summed E-state index contributed by atoms with van der Waals surface area (Å²) in [4.78, 5) is 50.6. The highest BCUT2D eigenvalue weighted by molar-refractivity contribution is 7.92. The van der Waals surface area contributed by atoms with Gasteiger partial charge in [-0.1, -0.05) is 82.8 Å². The number of nitrogens with zero attached hydrogens (tertiary/aromatic N) is 1. The summed E-state index contributed by atoms with van der Waals surface area (Å²) in [5, 5.41) is 13.8. The largest absolute Gasteiger partial charge is 0.480 e. The van der Waals surface area contributed by atoms with E-state index in [0.717, 1.165) is 37.7 Å². The molecule has 16 nitrogen and oxygen atoms in total. The maximum atomic E-state index is 13.0. The van der Waals surface area contributed by atoms with Crippen molar-refractivity contribution in [1.82, 2.24) is 15.6 Å². The van der Waals surface area contributed by atoms with E-state index < -0.39 is 27.5 Å². The molecule has 4 N–H and O–H groups in total. The first-order chi connectivity index (χ1) is 29.2. The van der Waals surface area contributed by atoms with Crippen LogP contribution < -0.4 is 15.4 Å². The molecule has 1 heterocycles. The molecule has 0 spiro atoms. The maximum Gasteiger partial charge on any atom is 0.329 e. The van der Waals surface area contributed by atoms with Crippen molar-refractivity contribution in [3.05, 3.63) is 53.7 Å². The molecule has 0 aliphatic rings. The normalized spacial score (nSPS) is 11.6. The van der Waals surface area contributed by atoms with E-state index in [0.29, 0.717) is 6.42 Å². The number of rotatable bonds is 36. The van der Waals surface area contributed by atoms with Crippen LogP contribution in [0.1, 0.15) is 127 Å². The van der Waals surface area contributed by atoms with Crippen molar-refractivity contribution in [2.24, 2.45) is 0 Å². The van der Waals surface area contributed by atoms with Crippen LogP contribution in [0.15, 0.2) is 47.5 Å². The van der Waals surface area contributed by atoms with Gasteiger partial charge in [0.2, 0.25) is 5.91 Å². The third kappa shape index (κ3) is 28.1. The van der Waals surface area contributed by atoms with E-state index >= 15 is 0 Å². The van der Waals surface area contributed by atoms with Crippen LogP contribution >= 0.6 is 0 Å². The molecule has 0 radical (unpaired) electrons. The van der Waals surface area contributed by atoms with Crippen LogP contribution in [0.4, 0.5) is 5.82 Å². The average molecular weight is 879 g/mol. The molecule has 1 aromatic heterocycles. The molecule has 0 aliphatic heterocycles. The molecule has 2 amide bonds. The van der Waals surface area contributed by atoms with Crippen molar-refractivity contribution in [2.75, 3.05) is 70.7 Å². The van der Waals surface area contributed by atoms with E-state index in [-0.39, 0.29) is 94.1 Å². The van der Waals surface area contributed by atoms with Crippen LogP contribution in [0.5, 0.6) is 0 Å². The van der Waals surface area contributed by atoms with E-state index in [2.05, 4.69) is 20.3 Å². The number of hydrogen-bond acceptors (Lipinski definition) is 12. The second kappa shape index (κ2) is 31.7. The minimum atomic E-state index is -3.86. The highest BCUT2D eigenvalue weighted by atomic mass is 32.2. The number of aromatic nitrogens is 1. The Hall–Kier alpha value is -4.16. The molecule has 0 unspecified atom stereocenters. The van der Waals surface area contributed by atoms with Crippen molar-refractivity contribution < 1.29 is 56.4 Å². The van der Waals surface area contributed by atoms with E-state index in [1.165, 1.54) is 76.1 Å². The van der Waals surface area contributed by atoms with Gasteiger partial charge in [0.1, 0.15) is 24.6 Å². The molecular formula is C44H70N4O12S. The number of carbonyl (C=O) groups is 4. The minimum absolute atomic E-state index is 0.0924. The molecule has 0 saturated heterocycles. The SMILES string of the molecule is CC(C)(C)OC(=O)CCCCCCCCCCCCCCCc1ccc(S(=O)(=O)Nc2ccc(C(=O)NCCOCCOCC(=O)NCCOCCOCC(=O)O)cn2)cc1. The van der Waals surface area contributed by atoms with Crippen LogP contribution in [0.2, 0.25) is 0 Å². The molecule has 1 aromatic carbocycles. The fraction of sp³-hybridized carbons (Fsp3) is 0.659. The second-order valence-electron chi connectivity index (χ2n) is 15.7. The molecule has 2 aromatic rings. The third-order valence-electron chi connectivity index (χ3n) is 9.07. The quantitative estimate of drug-likeness (QED) is 0.0442. The standard InChI is InChI=1S/C44H70N4O12S/c1-44(2,3)60-42(52)18-16-14-12-10-8-6-4-5-7-9-11-13-15-17-36-19-22-38(23-20-36)61(54,55)48-39-24-21-37(33-47-39)43(53)46-26-28-57-29-31-58-34-40(49)45-25-27-56-30-32-59-35-41(50)51/h19-24,33H,4-18,25-32,34-35H2,1-3H3,(H,45,49)(H,46,53)(H,47,48)(H,50,51). The zero-order valence-corrected chi connectivity index (χ0v) is 37.3. The molecule has 61 heavy (non-hydrogen) atoms. The van der Waals surface area contributed by atoms with Gasteiger partial charge in [0.25, 0.3) is 15.9 Å². The van der Waals surface area contributed by atoms with Gasteiger partial charge in [0.05, 0.1) is 50.1 Å². The molecule has 17 heteroatoms. The lowest BCUT2D eigenvalue weighted by atomic mass is 10.0. The van der Waals surface area contributed by atoms with Gasteiger partial charge in [-0.25, -0.2) is 18.2 Å². The molecule has 2 rings (SSSR count). The Morgan fingerprint density at radius 1 is 0.639 bits per heavy atom. The van der Waals surface area contributed by atoms with Crippen molar-refractivity contribution in [3.63, 3.8) is 0 Å². The summed E-state index contributed by atoms with van der Waals surface area (Å²) in [5.41, 5.74) is 0.948. The number of carbonyl (C=O) groups excluding carboxylic acids is 3. The Labute approximate surface area is 362 Å². The number of aryl methyl sites for hydroxylation is 1. The smallest absolute Gasteiger partial charge is 0.329 e. The minimum Gasteiger partial charge on any atom is -0.480 e. The van der Waals surface area contributed by atoms with Crippen LogP contribution in [-0.4, -0.2) is 114 Å². The summed E-state index contributed by atoms with van der Waals surface area (Å²) in [6.45, 7) is 6.87. The van der Waals surface area contributed by atoms with Gasteiger partial charge in [-0.05, 0) is 69.9 Å². The first-order valence-corrected chi connectivity index (χ1v) is 23.1. The fourth-order valence-corrected chi connectivity index (χ4v) is 6.98. The van der Waals surface area contributed by atoms with Crippen molar-refractivity contribution in [3.8, 4) is 0 Å². The Morgan fingerprint density at radius 3 is 1.70 bits per heavy atom. The van der Waals surface area contributed by atoms with E-state index in [1.54, 1.807) is 12.1 Å². The van der Waals surface area contributed by atoms with Gasteiger partial charge in [-0.2, -0.15) is 0 Å². The number of pyridine rings is 1. The number of esters is 1. The van der Waals surface area contributed by atoms with Crippen molar-refractivity contribution in [2.45, 2.75) is 128 Å². The number of hydrogen-bond donors (Lipinski definition) is 4. The summed E-state index contributed by atoms with van der Waals surface area (Å²) in [5.74, 6) is -1.77. The fourth-order valence-electron chi connectivity index (χ4n) is 5.97. The Kier molecular flexibility index (Phi) is 27.5. The number of ether oxygens (including phenoxy) is 5. The zero-order valence-electron chi connectivity index (χ0n) is 36.5. The number of nitrogens with one attached hydrogen (secondary N) is 3. The lowest BCUT2D eigenvalue weighted by Crippen LogP contribution is -2.31. The van der Waals surface area contributed by atoms with Crippen LogP contribution in [0.25, 0.3) is 0 Å². The molecule has 0 atom stereocenters. The summed E-state index contributed by atoms with van der Waals surface area (Å²) in [6, 6.07) is 9.81. The topological polar surface area (TPSA) is 218 Å². The van der Waals surface area contributed by atoms with Gasteiger partial charge in [-0.3, -0.25) is 19.1 Å². The maximum absolute atomic E-state index is 13.0. The number of aliphatic carboxylic acids is 1. The highest BCUT2D eigenvalue weighted by Gasteiger charge is 2.17. The molecule has 344 valence electrons. The number of unbranched alkanes of at least 4 members (excludes halogenated alkanes) is 12. The first kappa shape index (κ1) is 53.0. The van der Waals surface area contributed by atoms with E-state index in [9.17, 15) is 27.6 Å². The van der Waals surface area contributed by atoms with Crippen molar-refractivity contribution >= 4 is 39.6 Å². The lowest BCUT2D eigenvalue weighted by Gasteiger charge is -2.19. The predicted molar refractivity (Wildman–Crippen MR) is 232 cm³/mol. The molecule has 0 bridgehead atoms. The van der Waals surface area contributed by atoms with Gasteiger partial charge in [0, 0.05) is 25.7 Å². The molecule has 0 saturated carbocycles. The van der Waals surface area contributed by atoms with Crippen LogP contribution in [0, 0.1) is 0 Å². The third-order valence-corrected chi connectivity index (χ3v) is 10.4. The van der Waals surface area contributed by atoms with Gasteiger partial charge in [-0.15, -0.1) is 0 Å². The number of carboxylic acids is 1. The second-order valence-corrected chi connectivity index (χ2v) is 17.4. The monoisotopic (exact) mass is 878 g/mol. The van der Waals surface area contributed by atoms with E-state index in [4.69, 9.17) is 28.8 Å². The first-order valence-electron chi connectivity index (χ1n) is 21.6. The molecular weight excluding hydrogens is 809 g/mol.